The van der Waals surface area contributed by atoms with Gasteiger partial charge in [-0.25, -0.2) is 15.0 Å². The van der Waals surface area contributed by atoms with Crippen molar-refractivity contribution in [2.45, 2.75) is 77.9 Å². The molecule has 3 heterocycles. The number of piperidine rings is 1. The average molecular weight is 375 g/mol. The zero-order valence-corrected chi connectivity index (χ0v) is 17.0. The molecule has 0 unspecified atom stereocenters. The van der Waals surface area contributed by atoms with Crippen LogP contribution in [0, 0.1) is 12.3 Å². The van der Waals surface area contributed by atoms with Crippen LogP contribution in [0.2, 0.25) is 0 Å². The number of likely N-dealkylation sites (tertiary alicyclic amines) is 1. The lowest BCUT2D eigenvalue weighted by Gasteiger charge is -2.33. The summed E-state index contributed by atoms with van der Waals surface area (Å²) >= 11 is 1.77. The molecule has 0 amide bonds. The van der Waals surface area contributed by atoms with Crippen molar-refractivity contribution in [3.63, 3.8) is 0 Å². The minimum absolute atomic E-state index is 0.139. The van der Waals surface area contributed by atoms with E-state index in [9.17, 15) is 5.11 Å². The molecule has 0 aromatic carbocycles. The van der Waals surface area contributed by atoms with Gasteiger partial charge in [-0.05, 0) is 50.9 Å². The number of aryl methyl sites for hydroxylation is 1. The van der Waals surface area contributed by atoms with Crippen LogP contribution < -0.4 is 0 Å². The first-order valence-corrected chi connectivity index (χ1v) is 10.8. The second-order valence-corrected chi connectivity index (χ2v) is 9.88. The Balaban J connectivity index is 1.57. The Bertz CT molecular complexity index is 769. The molecule has 1 aliphatic heterocycles. The molecular weight excluding hydrogens is 344 g/mol. The van der Waals surface area contributed by atoms with Gasteiger partial charge in [-0.2, -0.15) is 0 Å². The summed E-state index contributed by atoms with van der Waals surface area (Å²) in [6.07, 6.45) is 6.60. The third kappa shape index (κ3) is 3.92. The number of aromatic nitrogens is 3. The molecule has 0 atom stereocenters. The summed E-state index contributed by atoms with van der Waals surface area (Å²) < 4.78 is 0. The van der Waals surface area contributed by atoms with Crippen LogP contribution in [-0.4, -0.2) is 44.2 Å². The summed E-state index contributed by atoms with van der Waals surface area (Å²) in [7, 11) is 0. The largest absolute Gasteiger partial charge is 0.393 e. The Morgan fingerprint density at radius 1 is 1.08 bits per heavy atom. The maximum atomic E-state index is 9.73. The average Bonchev–Trinajstić information content (AvgIpc) is 3.01. The van der Waals surface area contributed by atoms with Gasteiger partial charge in [0, 0.05) is 25.6 Å². The van der Waals surface area contributed by atoms with Crippen LogP contribution >= 0.6 is 11.3 Å². The van der Waals surface area contributed by atoms with Gasteiger partial charge in [0.1, 0.15) is 16.2 Å². The lowest BCUT2D eigenvalue weighted by atomic mass is 9.73. The zero-order chi connectivity index (χ0) is 18.3. The number of hydrogen-bond donors (Lipinski definition) is 1. The first kappa shape index (κ1) is 18.3. The van der Waals surface area contributed by atoms with Crippen molar-refractivity contribution < 1.29 is 5.11 Å². The fourth-order valence-electron chi connectivity index (χ4n) is 4.23. The van der Waals surface area contributed by atoms with E-state index in [1.165, 1.54) is 30.7 Å². The molecule has 142 valence electrons. The zero-order valence-electron chi connectivity index (χ0n) is 16.2. The first-order valence-electron chi connectivity index (χ1n) is 9.94. The molecule has 1 saturated carbocycles. The van der Waals surface area contributed by atoms with E-state index in [0.717, 1.165) is 54.3 Å². The molecule has 2 aliphatic rings. The normalized spacial score (nSPS) is 22.9. The predicted octanol–water partition coefficient (Wildman–Crippen LogP) is 4.04. The summed E-state index contributed by atoms with van der Waals surface area (Å²) in [5.41, 5.74) is 2.54. The maximum Gasteiger partial charge on any atom is 0.147 e. The lowest BCUT2D eigenvalue weighted by molar-refractivity contribution is 0.0788. The number of rotatable bonds is 3. The Morgan fingerprint density at radius 3 is 2.46 bits per heavy atom. The van der Waals surface area contributed by atoms with Crippen molar-refractivity contribution in [1.29, 1.82) is 0 Å². The SMILES string of the molecule is Cc1nc(CN2CCC(O)CC2)c2nc(C3CCC(C)(C)CC3)sc2n1. The minimum atomic E-state index is -0.139. The van der Waals surface area contributed by atoms with E-state index < -0.39 is 0 Å². The van der Waals surface area contributed by atoms with Crippen molar-refractivity contribution in [3.05, 3.63) is 16.5 Å². The third-order valence-corrected chi connectivity index (χ3v) is 7.19. The minimum Gasteiger partial charge on any atom is -0.393 e. The molecule has 0 bridgehead atoms. The molecular formula is C20H30N4OS. The van der Waals surface area contributed by atoms with Crippen molar-refractivity contribution in [1.82, 2.24) is 19.9 Å². The summed E-state index contributed by atoms with van der Waals surface area (Å²) in [5.74, 6) is 1.42. The van der Waals surface area contributed by atoms with Gasteiger partial charge >= 0.3 is 0 Å². The second-order valence-electron chi connectivity index (χ2n) is 8.87. The van der Waals surface area contributed by atoms with E-state index in [-0.39, 0.29) is 6.10 Å². The Morgan fingerprint density at radius 2 is 1.77 bits per heavy atom. The second kappa shape index (κ2) is 7.13. The molecule has 2 fully saturated rings. The van der Waals surface area contributed by atoms with Crippen LogP contribution in [0.4, 0.5) is 0 Å². The highest BCUT2D eigenvalue weighted by Crippen LogP contribution is 2.44. The highest BCUT2D eigenvalue weighted by molar-refractivity contribution is 7.18. The van der Waals surface area contributed by atoms with Crippen molar-refractivity contribution >= 4 is 21.7 Å². The standard InChI is InChI=1S/C20H30N4OS/c1-13-21-16(12-24-10-6-15(25)7-11-24)17-19(22-13)26-18(23-17)14-4-8-20(2,3)9-5-14/h14-15,25H,4-12H2,1-3H3. The number of fused-ring (bicyclic) bond motifs is 1. The van der Waals surface area contributed by atoms with Crippen LogP contribution in [0.25, 0.3) is 10.3 Å². The molecule has 2 aromatic rings. The Kier molecular flexibility index (Phi) is 5.01. The summed E-state index contributed by atoms with van der Waals surface area (Å²) in [6.45, 7) is 9.41. The first-order chi connectivity index (χ1) is 12.4. The fourth-order valence-corrected chi connectivity index (χ4v) is 5.41. The predicted molar refractivity (Wildman–Crippen MR) is 105 cm³/mol. The van der Waals surface area contributed by atoms with E-state index in [1.807, 2.05) is 6.92 Å². The number of aliphatic hydroxyl groups excluding tert-OH is 1. The van der Waals surface area contributed by atoms with Crippen molar-refractivity contribution in [2.24, 2.45) is 5.41 Å². The van der Waals surface area contributed by atoms with Gasteiger partial charge in [-0.1, -0.05) is 25.2 Å². The number of nitrogens with zero attached hydrogens (tertiary/aromatic N) is 4. The van der Waals surface area contributed by atoms with Crippen LogP contribution in [0.5, 0.6) is 0 Å². The molecule has 26 heavy (non-hydrogen) atoms. The van der Waals surface area contributed by atoms with Gasteiger partial charge in [0.05, 0.1) is 16.8 Å². The molecule has 4 rings (SSSR count). The van der Waals surface area contributed by atoms with Gasteiger partial charge in [-0.3, -0.25) is 4.90 Å². The van der Waals surface area contributed by atoms with Crippen molar-refractivity contribution in [2.75, 3.05) is 13.1 Å². The fraction of sp³-hybridized carbons (Fsp3) is 0.750. The third-order valence-electron chi connectivity index (χ3n) is 6.08. The van der Waals surface area contributed by atoms with Gasteiger partial charge in [-0.15, -0.1) is 0 Å². The van der Waals surface area contributed by atoms with Crippen LogP contribution in [0.3, 0.4) is 0 Å². The molecule has 6 heteroatoms. The topological polar surface area (TPSA) is 62.1 Å². The molecule has 0 radical (unpaired) electrons. The molecule has 0 spiro atoms. The van der Waals surface area contributed by atoms with Crippen LogP contribution in [0.15, 0.2) is 0 Å². The van der Waals surface area contributed by atoms with Gasteiger partial charge < -0.3 is 5.11 Å². The van der Waals surface area contributed by atoms with E-state index in [2.05, 4.69) is 23.7 Å². The van der Waals surface area contributed by atoms with E-state index in [4.69, 9.17) is 9.97 Å². The molecule has 1 saturated heterocycles. The molecule has 1 aliphatic carbocycles. The maximum absolute atomic E-state index is 9.73. The van der Waals surface area contributed by atoms with E-state index >= 15 is 0 Å². The summed E-state index contributed by atoms with van der Waals surface area (Å²) in [4.78, 5) is 17.9. The van der Waals surface area contributed by atoms with Gasteiger partial charge in [0.2, 0.25) is 0 Å². The van der Waals surface area contributed by atoms with E-state index in [0.29, 0.717) is 11.3 Å². The highest BCUT2D eigenvalue weighted by Gasteiger charge is 2.30. The molecule has 2 aromatic heterocycles. The molecule has 5 nitrogen and oxygen atoms in total. The van der Waals surface area contributed by atoms with Crippen LogP contribution in [-0.2, 0) is 6.54 Å². The van der Waals surface area contributed by atoms with Gasteiger partial charge in [0.15, 0.2) is 0 Å². The number of aliphatic hydroxyl groups is 1. The summed E-state index contributed by atoms with van der Waals surface area (Å²) in [5, 5.41) is 11.0. The lowest BCUT2D eigenvalue weighted by Crippen LogP contribution is -2.35. The van der Waals surface area contributed by atoms with E-state index in [1.54, 1.807) is 11.3 Å². The number of hydrogen-bond acceptors (Lipinski definition) is 6. The monoisotopic (exact) mass is 374 g/mol. The quantitative estimate of drug-likeness (QED) is 0.879. The Labute approximate surface area is 159 Å². The number of thiazole rings is 1. The van der Waals surface area contributed by atoms with Crippen molar-refractivity contribution in [3.8, 4) is 0 Å². The smallest absolute Gasteiger partial charge is 0.147 e. The Hall–Kier alpha value is -1.11. The van der Waals surface area contributed by atoms with Gasteiger partial charge in [0.25, 0.3) is 0 Å². The molecule has 1 N–H and O–H groups in total. The van der Waals surface area contributed by atoms with Crippen LogP contribution in [0.1, 0.15) is 74.8 Å². The highest BCUT2D eigenvalue weighted by atomic mass is 32.1. The summed E-state index contributed by atoms with van der Waals surface area (Å²) in [6, 6.07) is 0.